The van der Waals surface area contributed by atoms with Gasteiger partial charge in [0, 0.05) is 55.7 Å². The predicted octanol–water partition coefficient (Wildman–Crippen LogP) is 4.91. The van der Waals surface area contributed by atoms with Gasteiger partial charge < -0.3 is 14.2 Å². The fourth-order valence-corrected chi connectivity index (χ4v) is 5.55. The van der Waals surface area contributed by atoms with Crippen LogP contribution in [0.15, 0.2) is 22.9 Å². The lowest BCUT2D eigenvalue weighted by Crippen LogP contribution is -2.62. The molecule has 3 aromatic heterocycles. The minimum absolute atomic E-state index is 0.0527. The van der Waals surface area contributed by atoms with Crippen LogP contribution in [-0.4, -0.2) is 72.9 Å². The van der Waals surface area contributed by atoms with Gasteiger partial charge in [0.05, 0.1) is 5.54 Å². The Morgan fingerprint density at radius 2 is 1.82 bits per heavy atom. The molecule has 1 N–H and O–H groups in total. The van der Waals surface area contributed by atoms with Gasteiger partial charge in [-0.25, -0.2) is 18.7 Å². The fraction of sp³-hybridized carbons (Fsp3) is 0.593. The van der Waals surface area contributed by atoms with Crippen molar-refractivity contribution in [3.63, 3.8) is 0 Å². The van der Waals surface area contributed by atoms with Gasteiger partial charge in [0.1, 0.15) is 11.8 Å². The molecule has 1 saturated carbocycles. The molecule has 1 saturated heterocycles. The first-order valence-corrected chi connectivity index (χ1v) is 13.0. The number of nitrogens with one attached hydrogen (secondary N) is 1. The third-order valence-corrected chi connectivity index (χ3v) is 7.71. The van der Waals surface area contributed by atoms with Crippen LogP contribution in [0.2, 0.25) is 0 Å². The average Bonchev–Trinajstić information content (AvgIpc) is 3.51. The molecule has 204 valence electrons. The van der Waals surface area contributed by atoms with Crippen LogP contribution in [-0.2, 0) is 5.41 Å². The van der Waals surface area contributed by atoms with Crippen molar-refractivity contribution in [2.75, 3.05) is 19.6 Å². The molecule has 9 nitrogen and oxygen atoms in total. The molecule has 2 aliphatic rings. The third-order valence-electron chi connectivity index (χ3n) is 7.71. The quantitative estimate of drug-likeness (QED) is 0.517. The van der Waals surface area contributed by atoms with Crippen molar-refractivity contribution in [1.82, 2.24) is 30.0 Å². The number of hydrogen-bond donors (Lipinski definition) is 1. The second kappa shape index (κ2) is 9.13. The number of hydrogen-bond acceptors (Lipinski definition) is 6. The molecular weight excluding hydrogens is 494 g/mol. The van der Waals surface area contributed by atoms with Crippen LogP contribution in [0.25, 0.3) is 11.1 Å². The van der Waals surface area contributed by atoms with E-state index in [0.29, 0.717) is 43.6 Å². The summed E-state index contributed by atoms with van der Waals surface area (Å²) >= 11 is 0. The average molecular weight is 529 g/mol. The fourth-order valence-electron chi connectivity index (χ4n) is 5.55. The first kappa shape index (κ1) is 26.2. The van der Waals surface area contributed by atoms with E-state index in [-0.39, 0.29) is 47.6 Å². The number of aromatic nitrogens is 4. The van der Waals surface area contributed by atoms with Crippen molar-refractivity contribution in [3.05, 3.63) is 41.3 Å². The Hall–Kier alpha value is -3.37. The Kier molecular flexibility index (Phi) is 6.30. The van der Waals surface area contributed by atoms with E-state index >= 15 is 0 Å². The third kappa shape index (κ3) is 4.90. The zero-order valence-electron chi connectivity index (χ0n) is 22.5. The maximum Gasteiger partial charge on any atom is 0.291 e. The number of piperazine rings is 1. The number of rotatable bonds is 3. The summed E-state index contributed by atoms with van der Waals surface area (Å²) in [4.78, 5) is 38.6. The zero-order valence-corrected chi connectivity index (χ0v) is 22.5. The number of nitrogens with zero attached hydrogens (tertiary/aromatic N) is 5. The SMILES string of the molecule is CC(C)(C)c1cc(C2CCC(F)(F)CC2)nc2cc(C(=O)N3CCN(C(=O)c4ncn[nH]4)CC3(C)C)oc12. The standard InChI is InChI=1S/C27H34F2N6O3/c1-25(2,3)17-12-18(16-6-8-27(28,29)9-7-16)32-19-13-20(38-21(17)19)23(36)35-11-10-34(14-26(35,4)5)24(37)22-30-15-31-33-22/h12-13,15-16H,6-11,14H2,1-5H3,(H,30,31,33). The molecule has 2 amide bonds. The molecule has 38 heavy (non-hydrogen) atoms. The van der Waals surface area contributed by atoms with Crippen LogP contribution in [0, 0.1) is 0 Å². The van der Waals surface area contributed by atoms with Gasteiger partial charge in [-0.3, -0.25) is 14.7 Å². The Morgan fingerprint density at radius 1 is 1.11 bits per heavy atom. The summed E-state index contributed by atoms with van der Waals surface area (Å²) < 4.78 is 33.7. The number of amides is 2. The van der Waals surface area contributed by atoms with Crippen LogP contribution >= 0.6 is 0 Å². The lowest BCUT2D eigenvalue weighted by atomic mass is 9.81. The lowest BCUT2D eigenvalue weighted by molar-refractivity contribution is -0.0384. The first-order chi connectivity index (χ1) is 17.7. The van der Waals surface area contributed by atoms with Gasteiger partial charge in [0.2, 0.25) is 11.7 Å². The van der Waals surface area contributed by atoms with Crippen molar-refractivity contribution in [2.24, 2.45) is 0 Å². The molecule has 0 spiro atoms. The van der Waals surface area contributed by atoms with E-state index in [0.717, 1.165) is 11.3 Å². The molecule has 2 fully saturated rings. The molecule has 0 bridgehead atoms. The Bertz CT molecular complexity index is 1350. The molecule has 11 heteroatoms. The van der Waals surface area contributed by atoms with Crippen molar-refractivity contribution in [1.29, 1.82) is 0 Å². The van der Waals surface area contributed by atoms with Crippen molar-refractivity contribution in [2.45, 2.75) is 83.1 Å². The smallest absolute Gasteiger partial charge is 0.291 e. The highest BCUT2D eigenvalue weighted by Gasteiger charge is 2.41. The van der Waals surface area contributed by atoms with Gasteiger partial charge in [-0.2, -0.15) is 5.10 Å². The van der Waals surface area contributed by atoms with E-state index in [9.17, 15) is 18.4 Å². The van der Waals surface area contributed by atoms with Crippen LogP contribution in [0.1, 0.15) is 98.7 Å². The highest BCUT2D eigenvalue weighted by atomic mass is 19.3. The molecule has 0 radical (unpaired) electrons. The van der Waals surface area contributed by atoms with Crippen molar-refractivity contribution >= 4 is 22.9 Å². The Morgan fingerprint density at radius 3 is 2.42 bits per heavy atom. The summed E-state index contributed by atoms with van der Waals surface area (Å²) in [5.74, 6) is -2.87. The Balaban J connectivity index is 1.43. The molecule has 5 rings (SSSR count). The molecular formula is C27H34F2N6O3. The maximum absolute atomic E-state index is 13.8. The summed E-state index contributed by atoms with van der Waals surface area (Å²) in [6.45, 7) is 11.0. The van der Waals surface area contributed by atoms with E-state index in [2.05, 4.69) is 36.0 Å². The van der Waals surface area contributed by atoms with E-state index in [1.807, 2.05) is 19.9 Å². The molecule has 0 aromatic carbocycles. The second-order valence-corrected chi connectivity index (χ2v) is 12.1. The van der Waals surface area contributed by atoms with E-state index in [4.69, 9.17) is 9.40 Å². The van der Waals surface area contributed by atoms with Gasteiger partial charge in [0.25, 0.3) is 11.8 Å². The highest BCUT2D eigenvalue weighted by molar-refractivity contribution is 5.97. The molecule has 1 aliphatic heterocycles. The van der Waals surface area contributed by atoms with E-state index < -0.39 is 11.5 Å². The lowest BCUT2D eigenvalue weighted by Gasteiger charge is -2.46. The molecule has 4 heterocycles. The summed E-state index contributed by atoms with van der Waals surface area (Å²) in [5.41, 5.74) is 1.81. The second-order valence-electron chi connectivity index (χ2n) is 12.1. The number of furan rings is 1. The number of pyridine rings is 1. The Labute approximate surface area is 220 Å². The summed E-state index contributed by atoms with van der Waals surface area (Å²) in [6.07, 6.45) is 1.76. The van der Waals surface area contributed by atoms with Gasteiger partial charge in [-0.1, -0.05) is 20.8 Å². The van der Waals surface area contributed by atoms with Crippen molar-refractivity contribution < 1.29 is 22.8 Å². The number of carbonyl (C=O) groups is 2. The topological polar surface area (TPSA) is 108 Å². The van der Waals surface area contributed by atoms with Gasteiger partial charge in [0.15, 0.2) is 11.3 Å². The molecule has 3 aromatic rings. The minimum Gasteiger partial charge on any atom is -0.449 e. The van der Waals surface area contributed by atoms with Crippen LogP contribution in [0.5, 0.6) is 0 Å². The maximum atomic E-state index is 13.8. The zero-order chi connectivity index (χ0) is 27.5. The van der Waals surface area contributed by atoms with Crippen molar-refractivity contribution in [3.8, 4) is 0 Å². The first-order valence-electron chi connectivity index (χ1n) is 13.0. The molecule has 0 unspecified atom stereocenters. The van der Waals surface area contributed by atoms with Crippen LogP contribution in [0.3, 0.4) is 0 Å². The monoisotopic (exact) mass is 528 g/mol. The number of halogens is 2. The number of carbonyl (C=O) groups excluding carboxylic acids is 2. The van der Waals surface area contributed by atoms with E-state index in [1.54, 1.807) is 15.9 Å². The van der Waals surface area contributed by atoms with Crippen LogP contribution < -0.4 is 0 Å². The summed E-state index contributed by atoms with van der Waals surface area (Å²) in [7, 11) is 0. The predicted molar refractivity (Wildman–Crippen MR) is 136 cm³/mol. The summed E-state index contributed by atoms with van der Waals surface area (Å²) in [6, 6.07) is 3.63. The number of fused-ring (bicyclic) bond motifs is 1. The van der Waals surface area contributed by atoms with Gasteiger partial charge >= 0.3 is 0 Å². The molecule has 0 atom stereocenters. The summed E-state index contributed by atoms with van der Waals surface area (Å²) in [5, 5.41) is 6.34. The molecule has 1 aliphatic carbocycles. The number of alkyl halides is 2. The van der Waals surface area contributed by atoms with E-state index in [1.165, 1.54) is 6.33 Å². The van der Waals surface area contributed by atoms with Crippen LogP contribution in [0.4, 0.5) is 8.78 Å². The minimum atomic E-state index is -2.61. The number of H-pyrrole nitrogens is 1. The van der Waals surface area contributed by atoms with Gasteiger partial charge in [-0.15, -0.1) is 0 Å². The number of aromatic amines is 1. The highest BCUT2D eigenvalue weighted by Crippen LogP contribution is 2.42. The van der Waals surface area contributed by atoms with Gasteiger partial charge in [-0.05, 0) is 38.2 Å². The largest absolute Gasteiger partial charge is 0.449 e. The normalized spacial score (nSPS) is 20.2.